The van der Waals surface area contributed by atoms with E-state index in [1.165, 1.54) is 4.90 Å². The Bertz CT molecular complexity index is 969. The van der Waals surface area contributed by atoms with E-state index in [9.17, 15) is 9.59 Å². The van der Waals surface area contributed by atoms with Gasteiger partial charge in [-0.1, -0.05) is 40.9 Å². The fraction of sp³-hybridized carbons (Fsp3) is 0.286. The van der Waals surface area contributed by atoms with Crippen molar-refractivity contribution in [3.63, 3.8) is 0 Å². The lowest BCUT2D eigenvalue weighted by Crippen LogP contribution is -2.39. The fourth-order valence-corrected chi connectivity index (χ4v) is 3.73. The molecule has 1 aromatic carbocycles. The number of benzene rings is 1. The number of aromatic nitrogens is 3. The van der Waals surface area contributed by atoms with Gasteiger partial charge in [0.05, 0.1) is 18.4 Å². The second kappa shape index (κ2) is 9.55. The molecule has 4 rings (SSSR count). The van der Waals surface area contributed by atoms with Crippen molar-refractivity contribution in [1.29, 1.82) is 0 Å². The van der Waals surface area contributed by atoms with Gasteiger partial charge < -0.3 is 14.5 Å². The van der Waals surface area contributed by atoms with Crippen LogP contribution in [0.15, 0.2) is 60.1 Å². The minimum Gasteiger partial charge on any atom is -0.368 e. The van der Waals surface area contributed by atoms with Crippen molar-refractivity contribution in [2.45, 2.75) is 19.3 Å². The van der Waals surface area contributed by atoms with Gasteiger partial charge in [-0.3, -0.25) is 14.6 Å². The molecule has 30 heavy (non-hydrogen) atoms. The predicted molar refractivity (Wildman–Crippen MR) is 110 cm³/mol. The van der Waals surface area contributed by atoms with Gasteiger partial charge in [-0.05, 0) is 29.2 Å². The molecule has 0 N–H and O–H groups in total. The van der Waals surface area contributed by atoms with Crippen LogP contribution in [0.2, 0.25) is 0 Å². The van der Waals surface area contributed by atoms with E-state index in [4.69, 9.17) is 4.74 Å². The molecule has 9 heteroatoms. The summed E-state index contributed by atoms with van der Waals surface area (Å²) in [6.07, 6.45) is 1.36. The van der Waals surface area contributed by atoms with E-state index < -0.39 is 0 Å². The van der Waals surface area contributed by atoms with E-state index in [1.54, 1.807) is 16.5 Å². The van der Waals surface area contributed by atoms with Crippen LogP contribution in [-0.4, -0.2) is 61.9 Å². The molecule has 0 bridgehead atoms. The summed E-state index contributed by atoms with van der Waals surface area (Å²) in [4.78, 5) is 33.3. The SMILES string of the molecule is O=C1CN(C(=O)c2csnn2)CC(OCc2ccccn2)CN1Cc1ccccc1. The Kier molecular flexibility index (Phi) is 6.41. The zero-order valence-electron chi connectivity index (χ0n) is 16.3. The van der Waals surface area contributed by atoms with Crippen molar-refractivity contribution in [2.75, 3.05) is 19.6 Å². The molecule has 154 valence electrons. The van der Waals surface area contributed by atoms with Gasteiger partial charge in [-0.15, -0.1) is 5.10 Å². The van der Waals surface area contributed by atoms with Crippen molar-refractivity contribution in [3.05, 3.63) is 77.1 Å². The molecule has 1 unspecified atom stereocenters. The summed E-state index contributed by atoms with van der Waals surface area (Å²) in [6.45, 7) is 1.43. The summed E-state index contributed by atoms with van der Waals surface area (Å²) in [5.41, 5.74) is 2.06. The van der Waals surface area contributed by atoms with Gasteiger partial charge in [0.15, 0.2) is 5.69 Å². The van der Waals surface area contributed by atoms with Gasteiger partial charge in [-0.25, -0.2) is 0 Å². The first kappa shape index (κ1) is 20.1. The lowest BCUT2D eigenvalue weighted by atomic mass is 10.2. The third-order valence-electron chi connectivity index (χ3n) is 4.80. The summed E-state index contributed by atoms with van der Waals surface area (Å²) in [5.74, 6) is -0.440. The molecule has 8 nitrogen and oxygen atoms in total. The number of hydrogen-bond acceptors (Lipinski definition) is 7. The Balaban J connectivity index is 1.52. The summed E-state index contributed by atoms with van der Waals surface area (Å²) in [5, 5.41) is 5.44. The average molecular weight is 423 g/mol. The Hall–Kier alpha value is -3.17. The Morgan fingerprint density at radius 3 is 2.70 bits per heavy atom. The van der Waals surface area contributed by atoms with E-state index in [2.05, 4.69) is 14.6 Å². The highest BCUT2D eigenvalue weighted by atomic mass is 32.1. The van der Waals surface area contributed by atoms with Crippen molar-refractivity contribution in [1.82, 2.24) is 24.4 Å². The number of hydrogen-bond donors (Lipinski definition) is 0. The largest absolute Gasteiger partial charge is 0.368 e. The Morgan fingerprint density at radius 1 is 1.13 bits per heavy atom. The van der Waals surface area contributed by atoms with Crippen LogP contribution in [0.3, 0.4) is 0 Å². The van der Waals surface area contributed by atoms with Crippen LogP contribution in [0.4, 0.5) is 0 Å². The van der Waals surface area contributed by atoms with Crippen molar-refractivity contribution >= 4 is 23.3 Å². The lowest BCUT2D eigenvalue weighted by molar-refractivity contribution is -0.132. The highest BCUT2D eigenvalue weighted by Crippen LogP contribution is 2.16. The standard InChI is InChI=1S/C21H21N5O3S/c27-20-13-26(21(28)19-15-30-24-23-19)12-18(29-14-17-8-4-5-9-22-17)11-25(20)10-16-6-2-1-3-7-16/h1-9,15,18H,10-14H2. The van der Waals surface area contributed by atoms with Gasteiger partial charge in [0.2, 0.25) is 5.91 Å². The van der Waals surface area contributed by atoms with Gasteiger partial charge in [0.1, 0.15) is 6.54 Å². The molecule has 0 radical (unpaired) electrons. The van der Waals surface area contributed by atoms with Gasteiger partial charge in [-0.2, -0.15) is 0 Å². The summed E-state index contributed by atoms with van der Waals surface area (Å²) in [6, 6.07) is 15.4. The van der Waals surface area contributed by atoms with Crippen LogP contribution in [0.5, 0.6) is 0 Å². The molecule has 2 amide bonds. The van der Waals surface area contributed by atoms with E-state index in [1.807, 2.05) is 48.5 Å². The molecular weight excluding hydrogens is 402 g/mol. The van der Waals surface area contributed by atoms with E-state index in [0.29, 0.717) is 26.2 Å². The molecule has 1 atom stereocenters. The second-order valence-electron chi connectivity index (χ2n) is 6.99. The van der Waals surface area contributed by atoms with Gasteiger partial charge >= 0.3 is 0 Å². The van der Waals surface area contributed by atoms with Crippen LogP contribution < -0.4 is 0 Å². The zero-order chi connectivity index (χ0) is 20.8. The summed E-state index contributed by atoms with van der Waals surface area (Å²) in [7, 11) is 0. The quantitative estimate of drug-likeness (QED) is 0.603. The van der Waals surface area contributed by atoms with Crippen LogP contribution >= 0.6 is 11.5 Å². The number of carbonyl (C=O) groups excluding carboxylic acids is 2. The lowest BCUT2D eigenvalue weighted by Gasteiger charge is -2.24. The molecule has 0 aliphatic carbocycles. The number of ether oxygens (including phenoxy) is 1. The number of nitrogens with zero attached hydrogens (tertiary/aromatic N) is 5. The zero-order valence-corrected chi connectivity index (χ0v) is 17.1. The van der Waals surface area contributed by atoms with Gasteiger partial charge in [0, 0.05) is 31.2 Å². The first-order chi connectivity index (χ1) is 14.7. The molecule has 2 aromatic heterocycles. The smallest absolute Gasteiger partial charge is 0.275 e. The van der Waals surface area contributed by atoms with E-state index >= 15 is 0 Å². The average Bonchev–Trinajstić information content (AvgIpc) is 3.27. The minimum absolute atomic E-state index is 0.0212. The molecule has 1 aliphatic heterocycles. The second-order valence-corrected chi connectivity index (χ2v) is 7.60. The topological polar surface area (TPSA) is 88.5 Å². The van der Waals surface area contributed by atoms with E-state index in [-0.39, 0.29) is 30.2 Å². The summed E-state index contributed by atoms with van der Waals surface area (Å²) < 4.78 is 9.84. The summed E-state index contributed by atoms with van der Waals surface area (Å²) >= 11 is 1.11. The van der Waals surface area contributed by atoms with Crippen LogP contribution in [0, 0.1) is 0 Å². The number of carbonyl (C=O) groups is 2. The molecule has 0 saturated carbocycles. The molecule has 3 heterocycles. The van der Waals surface area contributed by atoms with Crippen LogP contribution in [-0.2, 0) is 22.7 Å². The Morgan fingerprint density at radius 2 is 1.97 bits per heavy atom. The minimum atomic E-state index is -0.349. The molecular formula is C21H21N5O3S. The molecule has 3 aromatic rings. The maximum absolute atomic E-state index is 13.0. The van der Waals surface area contributed by atoms with Crippen LogP contribution in [0.25, 0.3) is 0 Å². The predicted octanol–water partition coefficient (Wildman–Crippen LogP) is 2.00. The number of rotatable bonds is 6. The third-order valence-corrected chi connectivity index (χ3v) is 5.31. The normalized spacial score (nSPS) is 17.1. The first-order valence-electron chi connectivity index (χ1n) is 9.58. The molecule has 1 saturated heterocycles. The maximum atomic E-state index is 13.0. The molecule has 0 spiro atoms. The molecule has 1 fully saturated rings. The molecule has 1 aliphatic rings. The van der Waals surface area contributed by atoms with Crippen molar-refractivity contribution in [2.24, 2.45) is 0 Å². The fourth-order valence-electron chi connectivity index (χ4n) is 3.30. The van der Waals surface area contributed by atoms with Crippen molar-refractivity contribution < 1.29 is 14.3 Å². The Labute approximate surface area is 178 Å². The highest BCUT2D eigenvalue weighted by Gasteiger charge is 2.32. The maximum Gasteiger partial charge on any atom is 0.275 e. The number of amides is 2. The monoisotopic (exact) mass is 423 g/mol. The van der Waals surface area contributed by atoms with Crippen LogP contribution in [0.1, 0.15) is 21.7 Å². The van der Waals surface area contributed by atoms with Crippen molar-refractivity contribution in [3.8, 4) is 0 Å². The van der Waals surface area contributed by atoms with Gasteiger partial charge in [0.25, 0.3) is 5.91 Å². The third kappa shape index (κ3) is 5.05. The first-order valence-corrected chi connectivity index (χ1v) is 10.4. The van der Waals surface area contributed by atoms with E-state index in [0.717, 1.165) is 22.8 Å². The number of pyridine rings is 1. The highest BCUT2D eigenvalue weighted by molar-refractivity contribution is 7.03.